The van der Waals surface area contributed by atoms with Crippen molar-refractivity contribution in [3.05, 3.63) is 34.2 Å². The van der Waals surface area contributed by atoms with Gasteiger partial charge in [-0.1, -0.05) is 27.7 Å². The zero-order chi connectivity index (χ0) is 28.4. The Morgan fingerprint density at radius 1 is 1.05 bits per heavy atom. The van der Waals surface area contributed by atoms with Gasteiger partial charge in [-0.05, 0) is 93.7 Å². The molecule has 1 N–H and O–H groups in total. The number of hydrogen-bond donors (Lipinski definition) is 1. The predicted octanol–water partition coefficient (Wildman–Crippen LogP) is 7.29. The van der Waals surface area contributed by atoms with E-state index in [4.69, 9.17) is 4.74 Å². The highest BCUT2D eigenvalue weighted by Gasteiger charge is 2.38. The van der Waals surface area contributed by atoms with E-state index in [2.05, 4.69) is 37.6 Å². The molecule has 3 fully saturated rings. The van der Waals surface area contributed by atoms with Crippen LogP contribution in [-0.2, 0) is 10.2 Å². The van der Waals surface area contributed by atoms with Crippen LogP contribution in [0.25, 0.3) is 0 Å². The first-order valence-corrected chi connectivity index (χ1v) is 16.0. The maximum Gasteiger partial charge on any atom is 0.348 e. The Hall–Kier alpha value is -2.61. The lowest BCUT2D eigenvalue weighted by Crippen LogP contribution is -2.47. The third kappa shape index (κ3) is 6.32. The molecule has 8 heteroatoms. The monoisotopic (exact) mass is 567 g/mol. The molecule has 3 heterocycles. The van der Waals surface area contributed by atoms with E-state index >= 15 is 0 Å². The van der Waals surface area contributed by atoms with E-state index in [0.29, 0.717) is 11.6 Å². The van der Waals surface area contributed by atoms with Gasteiger partial charge in [-0.2, -0.15) is 0 Å². The summed E-state index contributed by atoms with van der Waals surface area (Å²) in [6.45, 7) is 10.6. The van der Waals surface area contributed by atoms with Crippen LogP contribution in [0.1, 0.15) is 106 Å². The van der Waals surface area contributed by atoms with Gasteiger partial charge in [0.05, 0.1) is 11.8 Å². The molecule has 218 valence electrons. The molecule has 0 radical (unpaired) electrons. The molecular formula is C32H45N3O4S. The fourth-order valence-corrected chi connectivity index (χ4v) is 7.57. The summed E-state index contributed by atoms with van der Waals surface area (Å²) in [5.41, 5.74) is 0.406. The van der Waals surface area contributed by atoms with Crippen LogP contribution in [0.3, 0.4) is 0 Å². The minimum absolute atomic E-state index is 0.0285. The molecule has 5 rings (SSSR count). The van der Waals surface area contributed by atoms with Crippen LogP contribution in [-0.4, -0.2) is 47.2 Å². The lowest BCUT2D eigenvalue weighted by molar-refractivity contribution is -0.124. The Morgan fingerprint density at radius 3 is 2.35 bits per heavy atom. The van der Waals surface area contributed by atoms with Crippen molar-refractivity contribution in [2.75, 3.05) is 22.9 Å². The number of carbonyl (C=O) groups excluding carboxylic acids is 1. The van der Waals surface area contributed by atoms with Crippen molar-refractivity contribution >= 4 is 34.7 Å². The van der Waals surface area contributed by atoms with Crippen LogP contribution < -0.4 is 14.5 Å². The highest BCUT2D eigenvalue weighted by molar-refractivity contribution is 7.14. The molecule has 0 spiro atoms. The van der Waals surface area contributed by atoms with Crippen LogP contribution >= 0.6 is 11.3 Å². The molecule has 1 amide bonds. The van der Waals surface area contributed by atoms with Gasteiger partial charge in [-0.3, -0.25) is 4.79 Å². The minimum Gasteiger partial charge on any atom is -0.487 e. The van der Waals surface area contributed by atoms with E-state index in [1.165, 1.54) is 24.2 Å². The largest absolute Gasteiger partial charge is 0.487 e. The molecule has 2 saturated carbocycles. The van der Waals surface area contributed by atoms with Gasteiger partial charge in [0.2, 0.25) is 5.91 Å². The van der Waals surface area contributed by atoms with Crippen molar-refractivity contribution in [1.29, 1.82) is 0 Å². The third-order valence-electron chi connectivity index (χ3n) is 8.97. The predicted molar refractivity (Wildman–Crippen MR) is 161 cm³/mol. The van der Waals surface area contributed by atoms with Crippen molar-refractivity contribution in [2.45, 2.75) is 109 Å². The van der Waals surface area contributed by atoms with Crippen LogP contribution in [0.2, 0.25) is 0 Å². The molecule has 2 aliphatic carbocycles. The first-order chi connectivity index (χ1) is 19.1. The Kier molecular flexibility index (Phi) is 8.74. The van der Waals surface area contributed by atoms with E-state index < -0.39 is 5.97 Å². The number of anilines is 2. The standard InChI is InChI=1S/C32H45N3O4S/c1-21-9-11-22(12-10-21)30(36)35(25-20-27(32(2,3)4)40-28(25)31(37)38)23-13-15-24(16-14-23)39-26-8-7-17-33-29(26)34-18-5-6-19-34/h7-8,17,20-24H,5-6,9-16,18-19H2,1-4H3,(H,37,38)/t21-,22-,23-,24-. The molecule has 40 heavy (non-hydrogen) atoms. The summed E-state index contributed by atoms with van der Waals surface area (Å²) in [5, 5.41) is 10.2. The summed E-state index contributed by atoms with van der Waals surface area (Å²) in [7, 11) is 0. The summed E-state index contributed by atoms with van der Waals surface area (Å²) < 4.78 is 6.53. The van der Waals surface area contributed by atoms with Gasteiger partial charge in [0.25, 0.3) is 0 Å². The normalized spacial score (nSPS) is 25.6. The number of carbonyl (C=O) groups is 2. The number of aromatic nitrogens is 1. The number of carboxylic acid groups (broad SMARTS) is 1. The Bertz CT molecular complexity index is 1180. The fraction of sp³-hybridized carbons (Fsp3) is 0.656. The number of ether oxygens (including phenoxy) is 1. The highest BCUT2D eigenvalue weighted by Crippen LogP contribution is 2.42. The number of hydrogen-bond acceptors (Lipinski definition) is 6. The molecule has 0 unspecified atom stereocenters. The summed E-state index contributed by atoms with van der Waals surface area (Å²) >= 11 is 1.32. The van der Waals surface area contributed by atoms with Gasteiger partial charge >= 0.3 is 5.97 Å². The average Bonchev–Trinajstić information content (AvgIpc) is 3.62. The molecule has 3 aliphatic rings. The Morgan fingerprint density at radius 2 is 1.73 bits per heavy atom. The second kappa shape index (κ2) is 12.1. The number of carboxylic acids is 1. The van der Waals surface area contributed by atoms with E-state index in [1.54, 1.807) is 0 Å². The number of aromatic carboxylic acids is 1. The maximum atomic E-state index is 14.2. The van der Waals surface area contributed by atoms with Crippen molar-refractivity contribution in [1.82, 2.24) is 4.98 Å². The second-order valence-electron chi connectivity index (χ2n) is 13.1. The fourth-order valence-electron chi connectivity index (χ4n) is 6.52. The second-order valence-corrected chi connectivity index (χ2v) is 14.2. The lowest BCUT2D eigenvalue weighted by Gasteiger charge is -2.39. The molecule has 0 bridgehead atoms. The molecular weight excluding hydrogens is 522 g/mol. The van der Waals surface area contributed by atoms with Crippen LogP contribution in [0.4, 0.5) is 11.5 Å². The SMILES string of the molecule is CC(C)(C)c1cc(N(C(=O)[C@H]2CC[C@H](C)CC2)[C@H]2CC[C@H](Oc3cccnc3N3CCCC3)CC2)c(C(=O)O)s1. The van der Waals surface area contributed by atoms with E-state index in [0.717, 1.165) is 80.9 Å². The maximum absolute atomic E-state index is 14.2. The highest BCUT2D eigenvalue weighted by atomic mass is 32.1. The third-order valence-corrected chi connectivity index (χ3v) is 10.5. The van der Waals surface area contributed by atoms with E-state index in [-0.39, 0.29) is 34.3 Å². The first kappa shape index (κ1) is 28.9. The summed E-state index contributed by atoms with van der Waals surface area (Å²) in [6.07, 6.45) is 11.4. The molecule has 1 saturated heterocycles. The molecule has 0 atom stereocenters. The van der Waals surface area contributed by atoms with Crippen molar-refractivity contribution in [3.63, 3.8) is 0 Å². The first-order valence-electron chi connectivity index (χ1n) is 15.2. The average molecular weight is 568 g/mol. The minimum atomic E-state index is -0.950. The zero-order valence-corrected chi connectivity index (χ0v) is 25.3. The van der Waals surface area contributed by atoms with Crippen molar-refractivity contribution in [3.8, 4) is 5.75 Å². The quantitative estimate of drug-likeness (QED) is 0.378. The van der Waals surface area contributed by atoms with Crippen molar-refractivity contribution in [2.24, 2.45) is 11.8 Å². The van der Waals surface area contributed by atoms with Crippen LogP contribution in [0, 0.1) is 11.8 Å². The molecule has 0 aromatic carbocycles. The number of thiophene rings is 1. The van der Waals surface area contributed by atoms with Gasteiger partial charge in [-0.25, -0.2) is 9.78 Å². The van der Waals surface area contributed by atoms with Crippen molar-refractivity contribution < 1.29 is 19.4 Å². The molecule has 7 nitrogen and oxygen atoms in total. The van der Waals surface area contributed by atoms with Gasteiger partial charge < -0.3 is 19.6 Å². The lowest BCUT2D eigenvalue weighted by atomic mass is 9.81. The Balaban J connectivity index is 1.37. The number of pyridine rings is 1. The molecule has 2 aromatic rings. The number of amides is 1. The van der Waals surface area contributed by atoms with E-state index in [9.17, 15) is 14.7 Å². The topological polar surface area (TPSA) is 83.0 Å². The smallest absolute Gasteiger partial charge is 0.348 e. The molecule has 2 aromatic heterocycles. The summed E-state index contributed by atoms with van der Waals surface area (Å²) in [6, 6.07) is 5.91. The van der Waals surface area contributed by atoms with Crippen LogP contribution in [0.5, 0.6) is 5.75 Å². The van der Waals surface area contributed by atoms with Gasteiger partial charge in [0.1, 0.15) is 4.88 Å². The summed E-state index contributed by atoms with van der Waals surface area (Å²) in [4.78, 5) is 36.8. The van der Waals surface area contributed by atoms with E-state index in [1.807, 2.05) is 29.3 Å². The van der Waals surface area contributed by atoms with Gasteiger partial charge in [0.15, 0.2) is 11.6 Å². The van der Waals surface area contributed by atoms with Gasteiger partial charge in [-0.15, -0.1) is 11.3 Å². The Labute approximate surface area is 242 Å². The molecule has 1 aliphatic heterocycles. The zero-order valence-electron chi connectivity index (χ0n) is 24.5. The number of nitrogens with zero attached hydrogens (tertiary/aromatic N) is 3. The number of rotatable bonds is 7. The van der Waals surface area contributed by atoms with Crippen LogP contribution in [0.15, 0.2) is 24.4 Å². The van der Waals surface area contributed by atoms with Gasteiger partial charge in [0, 0.05) is 36.1 Å². The summed E-state index contributed by atoms with van der Waals surface area (Å²) in [5.74, 6) is 1.55.